The molecule has 0 aliphatic heterocycles. The van der Waals surface area contributed by atoms with Crippen molar-refractivity contribution in [2.45, 2.75) is 20.3 Å². The standard InChI is InChI=1S/C11H20N4O2/c1-7(6-17-4)5-9(16)13-11-10(12)8(2)14-15(11)3/h7H,5-6,12H2,1-4H3,(H,13,16). The summed E-state index contributed by atoms with van der Waals surface area (Å²) in [6, 6.07) is 0. The van der Waals surface area contributed by atoms with E-state index in [4.69, 9.17) is 10.5 Å². The molecule has 1 aromatic rings. The SMILES string of the molecule is COCC(C)CC(=O)Nc1c(N)c(C)nn1C. The zero-order chi connectivity index (χ0) is 13.0. The minimum atomic E-state index is -0.0794. The minimum absolute atomic E-state index is 0.0794. The molecule has 0 saturated heterocycles. The predicted molar refractivity (Wildman–Crippen MR) is 66.6 cm³/mol. The van der Waals surface area contributed by atoms with Crippen LogP contribution in [-0.4, -0.2) is 29.4 Å². The maximum Gasteiger partial charge on any atom is 0.225 e. The highest BCUT2D eigenvalue weighted by Crippen LogP contribution is 2.21. The number of methoxy groups -OCH3 is 1. The Hall–Kier alpha value is -1.56. The Bertz CT molecular complexity index is 400. The summed E-state index contributed by atoms with van der Waals surface area (Å²) in [5.41, 5.74) is 7.05. The van der Waals surface area contributed by atoms with Crippen LogP contribution in [0.5, 0.6) is 0 Å². The van der Waals surface area contributed by atoms with Crippen molar-refractivity contribution in [1.82, 2.24) is 9.78 Å². The van der Waals surface area contributed by atoms with Crippen molar-refractivity contribution < 1.29 is 9.53 Å². The number of carbonyl (C=O) groups is 1. The van der Waals surface area contributed by atoms with E-state index in [0.717, 1.165) is 0 Å². The summed E-state index contributed by atoms with van der Waals surface area (Å²) in [6.45, 7) is 4.33. The molecule has 0 spiro atoms. The summed E-state index contributed by atoms with van der Waals surface area (Å²) < 4.78 is 6.56. The van der Waals surface area contributed by atoms with E-state index in [1.54, 1.807) is 25.8 Å². The summed E-state index contributed by atoms with van der Waals surface area (Å²) in [5, 5.41) is 6.90. The van der Waals surface area contributed by atoms with Gasteiger partial charge in [0.05, 0.1) is 11.4 Å². The molecule has 0 radical (unpaired) electrons. The number of nitrogens with zero attached hydrogens (tertiary/aromatic N) is 2. The van der Waals surface area contributed by atoms with Crippen LogP contribution in [0.4, 0.5) is 11.5 Å². The zero-order valence-electron chi connectivity index (χ0n) is 10.8. The predicted octanol–water partition coefficient (Wildman–Crippen LogP) is 0.922. The van der Waals surface area contributed by atoms with Crippen molar-refractivity contribution in [3.63, 3.8) is 0 Å². The molecule has 1 amide bonds. The van der Waals surface area contributed by atoms with E-state index in [1.807, 2.05) is 6.92 Å². The molecule has 17 heavy (non-hydrogen) atoms. The average Bonchev–Trinajstić information content (AvgIpc) is 2.45. The van der Waals surface area contributed by atoms with Crippen molar-refractivity contribution in [2.24, 2.45) is 13.0 Å². The van der Waals surface area contributed by atoms with Crippen LogP contribution in [0.3, 0.4) is 0 Å². The number of nitrogens with one attached hydrogen (secondary N) is 1. The summed E-state index contributed by atoms with van der Waals surface area (Å²) in [5.74, 6) is 0.650. The van der Waals surface area contributed by atoms with E-state index >= 15 is 0 Å². The highest BCUT2D eigenvalue weighted by Gasteiger charge is 2.14. The van der Waals surface area contributed by atoms with Crippen LogP contribution < -0.4 is 11.1 Å². The van der Waals surface area contributed by atoms with E-state index in [0.29, 0.717) is 30.2 Å². The number of aryl methyl sites for hydroxylation is 2. The molecule has 1 atom stereocenters. The normalized spacial score (nSPS) is 12.5. The van der Waals surface area contributed by atoms with Gasteiger partial charge in [-0.15, -0.1) is 0 Å². The van der Waals surface area contributed by atoms with Gasteiger partial charge in [0.15, 0.2) is 5.82 Å². The molecule has 1 unspecified atom stereocenters. The number of nitrogens with two attached hydrogens (primary N) is 1. The van der Waals surface area contributed by atoms with Gasteiger partial charge < -0.3 is 15.8 Å². The molecule has 0 aliphatic rings. The monoisotopic (exact) mass is 240 g/mol. The number of aromatic nitrogens is 2. The van der Waals surface area contributed by atoms with E-state index in [-0.39, 0.29) is 11.8 Å². The Morgan fingerprint density at radius 2 is 2.29 bits per heavy atom. The summed E-state index contributed by atoms with van der Waals surface area (Å²) in [6.07, 6.45) is 0.400. The second-order valence-corrected chi connectivity index (χ2v) is 4.28. The quantitative estimate of drug-likeness (QED) is 0.801. The van der Waals surface area contributed by atoms with Gasteiger partial charge in [0.1, 0.15) is 0 Å². The molecule has 6 heteroatoms. The number of anilines is 2. The van der Waals surface area contributed by atoms with E-state index in [2.05, 4.69) is 10.4 Å². The lowest BCUT2D eigenvalue weighted by atomic mass is 10.1. The first-order valence-electron chi connectivity index (χ1n) is 5.53. The fraction of sp³-hybridized carbons (Fsp3) is 0.636. The van der Waals surface area contributed by atoms with Crippen molar-refractivity contribution >= 4 is 17.4 Å². The summed E-state index contributed by atoms with van der Waals surface area (Å²) in [7, 11) is 3.37. The van der Waals surface area contributed by atoms with Gasteiger partial charge >= 0.3 is 0 Å². The Balaban J connectivity index is 2.62. The highest BCUT2D eigenvalue weighted by molar-refractivity contribution is 5.93. The highest BCUT2D eigenvalue weighted by atomic mass is 16.5. The largest absolute Gasteiger partial charge is 0.394 e. The van der Waals surface area contributed by atoms with Gasteiger partial charge in [0.25, 0.3) is 0 Å². The average molecular weight is 240 g/mol. The third-order valence-electron chi connectivity index (χ3n) is 2.51. The van der Waals surface area contributed by atoms with Gasteiger partial charge in [-0.25, -0.2) is 0 Å². The zero-order valence-corrected chi connectivity index (χ0v) is 10.8. The van der Waals surface area contributed by atoms with Crippen LogP contribution in [-0.2, 0) is 16.6 Å². The van der Waals surface area contributed by atoms with Crippen molar-refractivity contribution in [3.05, 3.63) is 5.69 Å². The summed E-state index contributed by atoms with van der Waals surface area (Å²) in [4.78, 5) is 11.7. The van der Waals surface area contributed by atoms with Gasteiger partial charge in [-0.2, -0.15) is 5.10 Å². The minimum Gasteiger partial charge on any atom is -0.394 e. The molecule has 1 aromatic heterocycles. The third kappa shape index (κ3) is 3.45. The van der Waals surface area contributed by atoms with Crippen LogP contribution in [0.2, 0.25) is 0 Å². The molecule has 6 nitrogen and oxygen atoms in total. The molecule has 0 aromatic carbocycles. The lowest BCUT2D eigenvalue weighted by molar-refractivity contribution is -0.117. The van der Waals surface area contributed by atoms with E-state index in [1.165, 1.54) is 0 Å². The van der Waals surface area contributed by atoms with Gasteiger partial charge in [0.2, 0.25) is 5.91 Å². The van der Waals surface area contributed by atoms with E-state index in [9.17, 15) is 4.79 Å². The number of ether oxygens (including phenoxy) is 1. The smallest absolute Gasteiger partial charge is 0.225 e. The number of hydrogen-bond donors (Lipinski definition) is 2. The van der Waals surface area contributed by atoms with Crippen molar-refractivity contribution in [3.8, 4) is 0 Å². The number of nitrogen functional groups attached to an aromatic ring is 1. The van der Waals surface area contributed by atoms with Crippen LogP contribution in [0.25, 0.3) is 0 Å². The van der Waals surface area contributed by atoms with Gasteiger partial charge in [-0.1, -0.05) is 6.92 Å². The van der Waals surface area contributed by atoms with Crippen molar-refractivity contribution in [1.29, 1.82) is 0 Å². The van der Waals surface area contributed by atoms with E-state index < -0.39 is 0 Å². The number of hydrogen-bond acceptors (Lipinski definition) is 4. The lowest BCUT2D eigenvalue weighted by Crippen LogP contribution is -2.19. The molecule has 1 rings (SSSR count). The summed E-state index contributed by atoms with van der Waals surface area (Å²) >= 11 is 0. The molecule has 0 aliphatic carbocycles. The lowest BCUT2D eigenvalue weighted by Gasteiger charge is -2.11. The molecular formula is C11H20N4O2. The second-order valence-electron chi connectivity index (χ2n) is 4.28. The first kappa shape index (κ1) is 13.5. The van der Waals surface area contributed by atoms with Crippen molar-refractivity contribution in [2.75, 3.05) is 24.8 Å². The first-order valence-corrected chi connectivity index (χ1v) is 5.53. The fourth-order valence-corrected chi connectivity index (χ4v) is 1.67. The number of carbonyl (C=O) groups excluding carboxylic acids is 1. The second kappa shape index (κ2) is 5.67. The molecular weight excluding hydrogens is 220 g/mol. The van der Waals surface area contributed by atoms with Gasteiger partial charge in [0, 0.05) is 27.2 Å². The maximum absolute atomic E-state index is 11.7. The Morgan fingerprint density at radius 3 is 2.76 bits per heavy atom. The molecule has 0 bridgehead atoms. The van der Waals surface area contributed by atoms with Gasteiger partial charge in [-0.05, 0) is 12.8 Å². The fourth-order valence-electron chi connectivity index (χ4n) is 1.67. The van der Waals surface area contributed by atoms with Crippen LogP contribution in [0, 0.1) is 12.8 Å². The van der Waals surface area contributed by atoms with Crippen LogP contribution in [0.15, 0.2) is 0 Å². The Kier molecular flexibility index (Phi) is 4.51. The topological polar surface area (TPSA) is 82.2 Å². The molecule has 96 valence electrons. The molecule has 0 saturated carbocycles. The molecule has 3 N–H and O–H groups in total. The molecule has 1 heterocycles. The first-order chi connectivity index (χ1) is 7.95. The number of rotatable bonds is 5. The van der Waals surface area contributed by atoms with Crippen LogP contribution >= 0.6 is 0 Å². The Morgan fingerprint density at radius 1 is 1.65 bits per heavy atom. The number of amides is 1. The third-order valence-corrected chi connectivity index (χ3v) is 2.51. The van der Waals surface area contributed by atoms with Gasteiger partial charge in [-0.3, -0.25) is 9.48 Å². The Labute approximate surface area is 101 Å². The maximum atomic E-state index is 11.7. The van der Waals surface area contributed by atoms with Crippen LogP contribution in [0.1, 0.15) is 19.0 Å². The molecule has 0 fully saturated rings.